The van der Waals surface area contributed by atoms with Gasteiger partial charge in [0.1, 0.15) is 0 Å². The van der Waals surface area contributed by atoms with Crippen LogP contribution >= 0.6 is 0 Å². The Morgan fingerprint density at radius 2 is 2.24 bits per heavy atom. The van der Waals surface area contributed by atoms with E-state index >= 15 is 0 Å². The Kier molecular flexibility index (Phi) is 4.17. The van der Waals surface area contributed by atoms with Gasteiger partial charge < -0.3 is 10.1 Å². The third kappa shape index (κ3) is 3.40. The number of rotatable bonds is 4. The summed E-state index contributed by atoms with van der Waals surface area (Å²) in [7, 11) is 0. The van der Waals surface area contributed by atoms with Crippen molar-refractivity contribution >= 4 is 16.8 Å². The number of carbonyl (C=O) groups is 1. The molecule has 1 fully saturated rings. The monoisotopic (exact) mass is 288 g/mol. The average Bonchev–Trinajstić information content (AvgIpc) is 2.88. The molecule has 0 atom stereocenters. The number of morpholine rings is 1. The van der Waals surface area contributed by atoms with Crippen LogP contribution < -0.4 is 5.32 Å². The summed E-state index contributed by atoms with van der Waals surface area (Å²) in [5.41, 5.74) is 3.06. The number of carbonyl (C=O) groups excluding carboxylic acids is 1. The number of hydrogen-bond acceptors (Lipinski definition) is 4. The minimum absolute atomic E-state index is 0.0345. The molecule has 0 bridgehead atoms. The summed E-state index contributed by atoms with van der Waals surface area (Å²) >= 11 is 0. The van der Waals surface area contributed by atoms with Crippen LogP contribution in [0.5, 0.6) is 0 Å². The zero-order valence-corrected chi connectivity index (χ0v) is 12.2. The zero-order chi connectivity index (χ0) is 14.7. The molecule has 112 valence electrons. The van der Waals surface area contributed by atoms with Crippen molar-refractivity contribution in [2.24, 2.45) is 0 Å². The second-order valence-corrected chi connectivity index (χ2v) is 5.39. The number of nitrogens with one attached hydrogen (secondary N) is 2. The number of aryl methyl sites for hydroxylation is 1. The first kappa shape index (κ1) is 14.0. The van der Waals surface area contributed by atoms with E-state index in [1.807, 2.05) is 19.1 Å². The molecule has 2 N–H and O–H groups in total. The Bertz CT molecular complexity index is 632. The maximum Gasteiger partial charge on any atom is 0.234 e. The topological polar surface area (TPSA) is 70.2 Å². The molecule has 0 unspecified atom stereocenters. The lowest BCUT2D eigenvalue weighted by Crippen LogP contribution is -2.43. The van der Waals surface area contributed by atoms with Crippen molar-refractivity contribution in [1.82, 2.24) is 20.4 Å². The van der Waals surface area contributed by atoms with Gasteiger partial charge in [0.2, 0.25) is 5.91 Å². The standard InChI is InChI=1S/C15H20N4O2/c1-11-2-3-13-12(8-11)14(18-17-13)9-16-15(20)10-19-4-6-21-7-5-19/h2-3,8H,4-7,9-10H2,1H3,(H,16,20)(H,17,18). The van der Waals surface area contributed by atoms with Crippen molar-refractivity contribution in [1.29, 1.82) is 0 Å². The van der Waals surface area contributed by atoms with Crippen molar-refractivity contribution in [2.75, 3.05) is 32.8 Å². The van der Waals surface area contributed by atoms with E-state index in [2.05, 4.69) is 26.5 Å². The highest BCUT2D eigenvalue weighted by atomic mass is 16.5. The molecule has 0 spiro atoms. The summed E-state index contributed by atoms with van der Waals surface area (Å²) in [4.78, 5) is 14.1. The Hall–Kier alpha value is -1.92. The lowest BCUT2D eigenvalue weighted by Gasteiger charge is -2.25. The third-order valence-corrected chi connectivity index (χ3v) is 3.72. The predicted molar refractivity (Wildman–Crippen MR) is 79.9 cm³/mol. The predicted octanol–water partition coefficient (Wildman–Crippen LogP) is 0.820. The van der Waals surface area contributed by atoms with Crippen LogP contribution in [0, 0.1) is 6.92 Å². The molecule has 21 heavy (non-hydrogen) atoms. The molecule has 1 aromatic carbocycles. The van der Waals surface area contributed by atoms with E-state index in [1.54, 1.807) is 0 Å². The lowest BCUT2D eigenvalue weighted by atomic mass is 10.1. The first-order valence-corrected chi connectivity index (χ1v) is 7.23. The first-order valence-electron chi connectivity index (χ1n) is 7.23. The molecule has 0 radical (unpaired) electrons. The van der Waals surface area contributed by atoms with Crippen LogP contribution in [0.3, 0.4) is 0 Å². The molecule has 1 aliphatic heterocycles. The van der Waals surface area contributed by atoms with Crippen LogP contribution in [0.4, 0.5) is 0 Å². The normalized spacial score (nSPS) is 16.2. The van der Waals surface area contributed by atoms with Gasteiger partial charge >= 0.3 is 0 Å². The van der Waals surface area contributed by atoms with Crippen molar-refractivity contribution in [2.45, 2.75) is 13.5 Å². The fourth-order valence-corrected chi connectivity index (χ4v) is 2.52. The number of ether oxygens (including phenoxy) is 1. The highest BCUT2D eigenvalue weighted by Crippen LogP contribution is 2.17. The molecule has 1 aliphatic rings. The third-order valence-electron chi connectivity index (χ3n) is 3.72. The van der Waals surface area contributed by atoms with E-state index < -0.39 is 0 Å². The molecule has 6 nitrogen and oxygen atoms in total. The fourth-order valence-electron chi connectivity index (χ4n) is 2.52. The second-order valence-electron chi connectivity index (χ2n) is 5.39. The highest BCUT2D eigenvalue weighted by molar-refractivity contribution is 5.83. The minimum Gasteiger partial charge on any atom is -0.379 e. The number of benzene rings is 1. The van der Waals surface area contributed by atoms with Crippen molar-refractivity contribution in [3.8, 4) is 0 Å². The van der Waals surface area contributed by atoms with Gasteiger partial charge in [-0.05, 0) is 19.1 Å². The van der Waals surface area contributed by atoms with Gasteiger partial charge in [0.15, 0.2) is 0 Å². The molecular formula is C15H20N4O2. The second kappa shape index (κ2) is 6.24. The van der Waals surface area contributed by atoms with E-state index in [1.165, 1.54) is 5.56 Å². The molecule has 0 saturated carbocycles. The molecule has 1 saturated heterocycles. The smallest absolute Gasteiger partial charge is 0.234 e. The molecule has 3 rings (SSSR count). The van der Waals surface area contributed by atoms with Crippen LogP contribution in [0.25, 0.3) is 10.9 Å². The van der Waals surface area contributed by atoms with Crippen LogP contribution in [-0.2, 0) is 16.1 Å². The summed E-state index contributed by atoms with van der Waals surface area (Å²) in [5, 5.41) is 11.3. The van der Waals surface area contributed by atoms with Gasteiger partial charge in [-0.15, -0.1) is 0 Å². The number of hydrogen-bond donors (Lipinski definition) is 2. The van der Waals surface area contributed by atoms with Gasteiger partial charge in [0, 0.05) is 18.5 Å². The summed E-state index contributed by atoms with van der Waals surface area (Å²) in [6.45, 7) is 6.00. The SMILES string of the molecule is Cc1ccc2n[nH]c(CNC(=O)CN3CCOCC3)c2c1. The van der Waals surface area contributed by atoms with E-state index in [-0.39, 0.29) is 5.91 Å². The minimum atomic E-state index is 0.0345. The number of fused-ring (bicyclic) bond motifs is 1. The Labute approximate surface area is 123 Å². The number of H-pyrrole nitrogens is 1. The van der Waals surface area contributed by atoms with E-state index in [0.29, 0.717) is 26.3 Å². The van der Waals surface area contributed by atoms with Crippen LogP contribution in [-0.4, -0.2) is 53.9 Å². The van der Waals surface area contributed by atoms with Crippen LogP contribution in [0.1, 0.15) is 11.3 Å². The fraction of sp³-hybridized carbons (Fsp3) is 0.467. The Morgan fingerprint density at radius 1 is 1.43 bits per heavy atom. The van der Waals surface area contributed by atoms with Gasteiger partial charge in [-0.2, -0.15) is 5.10 Å². The van der Waals surface area contributed by atoms with E-state index in [0.717, 1.165) is 29.7 Å². The number of amides is 1. The highest BCUT2D eigenvalue weighted by Gasteiger charge is 2.14. The van der Waals surface area contributed by atoms with Gasteiger partial charge in [-0.25, -0.2) is 0 Å². The Balaban J connectivity index is 1.58. The molecular weight excluding hydrogens is 268 g/mol. The van der Waals surface area contributed by atoms with Gasteiger partial charge in [0.25, 0.3) is 0 Å². The number of nitrogens with zero attached hydrogens (tertiary/aromatic N) is 2. The quantitative estimate of drug-likeness (QED) is 0.874. The van der Waals surface area contributed by atoms with Gasteiger partial charge in [-0.1, -0.05) is 11.6 Å². The lowest BCUT2D eigenvalue weighted by molar-refractivity contribution is -0.123. The Morgan fingerprint density at radius 3 is 3.05 bits per heavy atom. The number of aromatic nitrogens is 2. The zero-order valence-electron chi connectivity index (χ0n) is 12.2. The summed E-state index contributed by atoms with van der Waals surface area (Å²) in [6, 6.07) is 6.10. The maximum atomic E-state index is 12.0. The van der Waals surface area contributed by atoms with Crippen LogP contribution in [0.15, 0.2) is 18.2 Å². The van der Waals surface area contributed by atoms with Crippen LogP contribution in [0.2, 0.25) is 0 Å². The van der Waals surface area contributed by atoms with E-state index in [4.69, 9.17) is 4.74 Å². The first-order chi connectivity index (χ1) is 10.2. The maximum absolute atomic E-state index is 12.0. The average molecular weight is 288 g/mol. The summed E-state index contributed by atoms with van der Waals surface area (Å²) in [5.74, 6) is 0.0345. The van der Waals surface area contributed by atoms with Gasteiger partial charge in [0.05, 0.1) is 37.5 Å². The molecule has 2 heterocycles. The van der Waals surface area contributed by atoms with Crippen molar-refractivity contribution in [3.63, 3.8) is 0 Å². The van der Waals surface area contributed by atoms with E-state index in [9.17, 15) is 4.79 Å². The number of aromatic amines is 1. The van der Waals surface area contributed by atoms with Crippen molar-refractivity contribution in [3.05, 3.63) is 29.5 Å². The van der Waals surface area contributed by atoms with Crippen molar-refractivity contribution < 1.29 is 9.53 Å². The molecule has 1 aromatic heterocycles. The molecule has 1 amide bonds. The summed E-state index contributed by atoms with van der Waals surface area (Å²) < 4.78 is 5.27. The summed E-state index contributed by atoms with van der Waals surface area (Å²) in [6.07, 6.45) is 0. The molecule has 2 aromatic rings. The largest absolute Gasteiger partial charge is 0.379 e. The molecule has 6 heteroatoms. The van der Waals surface area contributed by atoms with Gasteiger partial charge in [-0.3, -0.25) is 14.8 Å². The molecule has 0 aliphatic carbocycles.